The summed E-state index contributed by atoms with van der Waals surface area (Å²) in [5.74, 6) is 0. The third-order valence-corrected chi connectivity index (χ3v) is 3.16. The zero-order valence-corrected chi connectivity index (χ0v) is 9.38. The highest BCUT2D eigenvalue weighted by atomic mass is 15.2. The van der Waals surface area contributed by atoms with Gasteiger partial charge >= 0.3 is 0 Å². The predicted octanol–water partition coefficient (Wildman–Crippen LogP) is 0.230. The minimum absolute atomic E-state index is 0.660. The number of nitrogens with zero attached hydrogens (tertiary/aromatic N) is 2. The quantitative estimate of drug-likeness (QED) is 0.664. The topological polar surface area (TPSA) is 18.5 Å². The SMILES string of the molecule is CNCC1CN(C)CCC(C)N1C. The van der Waals surface area contributed by atoms with E-state index in [1.165, 1.54) is 19.5 Å². The van der Waals surface area contributed by atoms with E-state index in [0.717, 1.165) is 6.54 Å². The third-order valence-electron chi connectivity index (χ3n) is 3.16. The third kappa shape index (κ3) is 2.93. The minimum atomic E-state index is 0.660. The van der Waals surface area contributed by atoms with Crippen LogP contribution in [-0.2, 0) is 0 Å². The first-order valence-corrected chi connectivity index (χ1v) is 5.20. The smallest absolute Gasteiger partial charge is 0.0347 e. The van der Waals surface area contributed by atoms with E-state index < -0.39 is 0 Å². The van der Waals surface area contributed by atoms with E-state index in [0.29, 0.717) is 12.1 Å². The van der Waals surface area contributed by atoms with E-state index in [1.54, 1.807) is 0 Å². The van der Waals surface area contributed by atoms with Crippen LogP contribution in [0, 0.1) is 0 Å². The van der Waals surface area contributed by atoms with E-state index in [-0.39, 0.29) is 0 Å². The molecule has 0 aliphatic carbocycles. The molecular formula is C10H23N3. The molecule has 1 saturated heterocycles. The van der Waals surface area contributed by atoms with Crippen LogP contribution in [0.2, 0.25) is 0 Å². The average molecular weight is 185 g/mol. The highest BCUT2D eigenvalue weighted by Gasteiger charge is 2.24. The maximum absolute atomic E-state index is 3.27. The van der Waals surface area contributed by atoms with Crippen molar-refractivity contribution in [3.8, 4) is 0 Å². The maximum Gasteiger partial charge on any atom is 0.0347 e. The Morgan fingerprint density at radius 3 is 2.69 bits per heavy atom. The number of rotatable bonds is 2. The van der Waals surface area contributed by atoms with Crippen molar-refractivity contribution in [2.75, 3.05) is 40.8 Å². The van der Waals surface area contributed by atoms with Crippen LogP contribution >= 0.6 is 0 Å². The molecule has 1 heterocycles. The predicted molar refractivity (Wildman–Crippen MR) is 57.1 cm³/mol. The lowest BCUT2D eigenvalue weighted by atomic mass is 10.2. The molecule has 78 valence electrons. The molecule has 1 N–H and O–H groups in total. The van der Waals surface area contributed by atoms with Gasteiger partial charge in [-0.25, -0.2) is 0 Å². The lowest BCUT2D eigenvalue weighted by molar-refractivity contribution is 0.181. The Hall–Kier alpha value is -0.120. The van der Waals surface area contributed by atoms with E-state index in [1.807, 2.05) is 7.05 Å². The molecule has 3 heteroatoms. The second-order valence-corrected chi connectivity index (χ2v) is 4.28. The normalized spacial score (nSPS) is 33.2. The second-order valence-electron chi connectivity index (χ2n) is 4.28. The van der Waals surface area contributed by atoms with E-state index in [2.05, 4.69) is 36.1 Å². The second kappa shape index (κ2) is 4.94. The van der Waals surface area contributed by atoms with Gasteiger partial charge in [-0.2, -0.15) is 0 Å². The molecule has 0 amide bonds. The molecule has 0 aromatic heterocycles. The van der Waals surface area contributed by atoms with Crippen molar-refractivity contribution >= 4 is 0 Å². The standard InChI is InChI=1S/C10H23N3/c1-9-5-6-12(3)8-10(7-11-2)13(9)4/h9-11H,5-8H2,1-4H3. The fourth-order valence-electron chi connectivity index (χ4n) is 1.99. The molecule has 0 saturated carbocycles. The minimum Gasteiger partial charge on any atom is -0.318 e. The van der Waals surface area contributed by atoms with Gasteiger partial charge in [0.25, 0.3) is 0 Å². The van der Waals surface area contributed by atoms with Gasteiger partial charge in [-0.3, -0.25) is 4.90 Å². The Bertz CT molecular complexity index is 149. The van der Waals surface area contributed by atoms with E-state index in [9.17, 15) is 0 Å². The van der Waals surface area contributed by atoms with E-state index >= 15 is 0 Å². The number of likely N-dealkylation sites (N-methyl/N-ethyl adjacent to an activating group) is 3. The summed E-state index contributed by atoms with van der Waals surface area (Å²) in [5, 5.41) is 3.27. The summed E-state index contributed by atoms with van der Waals surface area (Å²) in [6.07, 6.45) is 1.28. The highest BCUT2D eigenvalue weighted by molar-refractivity contribution is 4.82. The highest BCUT2D eigenvalue weighted by Crippen LogP contribution is 2.12. The first-order chi connectivity index (χ1) is 6.15. The first kappa shape index (κ1) is 11.0. The molecule has 1 fully saturated rings. The van der Waals surface area contributed by atoms with Crippen LogP contribution in [0.4, 0.5) is 0 Å². The number of hydrogen-bond acceptors (Lipinski definition) is 3. The van der Waals surface area contributed by atoms with Gasteiger partial charge in [0.2, 0.25) is 0 Å². The molecule has 2 atom stereocenters. The number of hydrogen-bond donors (Lipinski definition) is 1. The number of nitrogens with one attached hydrogen (secondary N) is 1. The molecule has 0 aromatic carbocycles. The molecule has 13 heavy (non-hydrogen) atoms. The van der Waals surface area contributed by atoms with Crippen molar-refractivity contribution in [3.05, 3.63) is 0 Å². The van der Waals surface area contributed by atoms with Crippen molar-refractivity contribution in [1.82, 2.24) is 15.1 Å². The largest absolute Gasteiger partial charge is 0.318 e. The summed E-state index contributed by atoms with van der Waals surface area (Å²) in [6, 6.07) is 1.37. The lowest BCUT2D eigenvalue weighted by Crippen LogP contribution is -2.46. The van der Waals surface area contributed by atoms with Crippen LogP contribution < -0.4 is 5.32 Å². The maximum atomic E-state index is 3.27. The van der Waals surface area contributed by atoms with Gasteiger partial charge in [-0.05, 0) is 41.0 Å². The molecular weight excluding hydrogens is 162 g/mol. The summed E-state index contributed by atoms with van der Waals surface area (Å²) < 4.78 is 0. The van der Waals surface area contributed by atoms with Crippen LogP contribution in [0.15, 0.2) is 0 Å². The summed E-state index contributed by atoms with van der Waals surface area (Å²) in [6.45, 7) is 5.82. The molecule has 0 radical (unpaired) electrons. The van der Waals surface area contributed by atoms with Crippen LogP contribution in [0.5, 0.6) is 0 Å². The van der Waals surface area contributed by atoms with Crippen molar-refractivity contribution in [2.45, 2.75) is 25.4 Å². The molecule has 1 aliphatic heterocycles. The van der Waals surface area contributed by atoms with Crippen molar-refractivity contribution < 1.29 is 0 Å². The molecule has 1 rings (SSSR count). The molecule has 2 unspecified atom stereocenters. The van der Waals surface area contributed by atoms with Gasteiger partial charge < -0.3 is 10.2 Å². The molecule has 0 spiro atoms. The molecule has 1 aliphatic rings. The average Bonchev–Trinajstić information content (AvgIpc) is 2.21. The van der Waals surface area contributed by atoms with Crippen LogP contribution in [0.1, 0.15) is 13.3 Å². The Balaban J connectivity index is 2.55. The van der Waals surface area contributed by atoms with E-state index in [4.69, 9.17) is 0 Å². The molecule has 0 bridgehead atoms. The fraction of sp³-hybridized carbons (Fsp3) is 1.00. The van der Waals surface area contributed by atoms with Gasteiger partial charge in [0.15, 0.2) is 0 Å². The Labute approximate surface area is 82.1 Å². The van der Waals surface area contributed by atoms with Gasteiger partial charge in [-0.15, -0.1) is 0 Å². The Morgan fingerprint density at radius 2 is 2.08 bits per heavy atom. The van der Waals surface area contributed by atoms with Crippen molar-refractivity contribution in [1.29, 1.82) is 0 Å². The molecule has 3 nitrogen and oxygen atoms in total. The van der Waals surface area contributed by atoms with Crippen LogP contribution in [-0.4, -0.2) is 62.7 Å². The Morgan fingerprint density at radius 1 is 1.38 bits per heavy atom. The summed E-state index contributed by atoms with van der Waals surface area (Å²) >= 11 is 0. The fourth-order valence-corrected chi connectivity index (χ4v) is 1.99. The van der Waals surface area contributed by atoms with Gasteiger partial charge in [0, 0.05) is 25.2 Å². The molecule has 0 aromatic rings. The zero-order chi connectivity index (χ0) is 9.84. The van der Waals surface area contributed by atoms with Crippen LogP contribution in [0.3, 0.4) is 0 Å². The van der Waals surface area contributed by atoms with Crippen LogP contribution in [0.25, 0.3) is 0 Å². The summed E-state index contributed by atoms with van der Waals surface area (Å²) in [4.78, 5) is 4.93. The Kier molecular flexibility index (Phi) is 4.16. The zero-order valence-electron chi connectivity index (χ0n) is 9.38. The first-order valence-electron chi connectivity index (χ1n) is 5.20. The lowest BCUT2D eigenvalue weighted by Gasteiger charge is -2.30. The van der Waals surface area contributed by atoms with Gasteiger partial charge in [-0.1, -0.05) is 0 Å². The van der Waals surface area contributed by atoms with Crippen molar-refractivity contribution in [3.63, 3.8) is 0 Å². The summed E-state index contributed by atoms with van der Waals surface area (Å²) in [5.41, 5.74) is 0. The van der Waals surface area contributed by atoms with Gasteiger partial charge in [0.1, 0.15) is 0 Å². The summed E-state index contributed by atoms with van der Waals surface area (Å²) in [7, 11) is 6.49. The van der Waals surface area contributed by atoms with Gasteiger partial charge in [0.05, 0.1) is 0 Å². The van der Waals surface area contributed by atoms with Crippen molar-refractivity contribution in [2.24, 2.45) is 0 Å². The monoisotopic (exact) mass is 185 g/mol.